The van der Waals surface area contributed by atoms with Crippen molar-refractivity contribution in [1.82, 2.24) is 0 Å². The fraction of sp³-hybridized carbons (Fsp3) is 0.567. The Hall–Kier alpha value is -3.09. The molecule has 0 bridgehead atoms. The third-order valence-corrected chi connectivity index (χ3v) is 9.45. The van der Waals surface area contributed by atoms with E-state index in [4.69, 9.17) is 18.6 Å². The molecule has 198 valence electrons. The van der Waals surface area contributed by atoms with E-state index in [1.54, 1.807) is 0 Å². The third kappa shape index (κ3) is 4.26. The van der Waals surface area contributed by atoms with Gasteiger partial charge >= 0.3 is 17.6 Å². The van der Waals surface area contributed by atoms with Gasteiger partial charge in [-0.25, -0.2) is 4.79 Å². The van der Waals surface area contributed by atoms with Crippen LogP contribution in [0.3, 0.4) is 0 Å². The van der Waals surface area contributed by atoms with Gasteiger partial charge < -0.3 is 18.6 Å². The Kier molecular flexibility index (Phi) is 6.24. The summed E-state index contributed by atoms with van der Waals surface area (Å²) in [6.07, 6.45) is 3.30. The fourth-order valence-corrected chi connectivity index (χ4v) is 7.69. The van der Waals surface area contributed by atoms with Gasteiger partial charge in [0.25, 0.3) is 0 Å². The lowest BCUT2D eigenvalue weighted by Crippen LogP contribution is -2.65. The maximum atomic E-state index is 13.2. The molecule has 0 saturated heterocycles. The quantitative estimate of drug-likeness (QED) is 0.516. The van der Waals surface area contributed by atoms with Crippen molar-refractivity contribution in [3.05, 3.63) is 52.4 Å². The minimum atomic E-state index is -0.548. The molecule has 3 aliphatic rings. The summed E-state index contributed by atoms with van der Waals surface area (Å²) >= 11 is 0. The summed E-state index contributed by atoms with van der Waals surface area (Å²) in [5, 5.41) is 0. The van der Waals surface area contributed by atoms with Crippen LogP contribution in [0.15, 0.2) is 45.6 Å². The van der Waals surface area contributed by atoms with Gasteiger partial charge in [0.15, 0.2) is 0 Å². The predicted molar refractivity (Wildman–Crippen MR) is 137 cm³/mol. The molecule has 3 unspecified atom stereocenters. The van der Waals surface area contributed by atoms with Crippen molar-refractivity contribution in [1.29, 1.82) is 0 Å². The molecule has 37 heavy (non-hydrogen) atoms. The molecule has 5 rings (SSSR count). The van der Waals surface area contributed by atoms with Crippen molar-refractivity contribution in [3.63, 3.8) is 0 Å². The summed E-state index contributed by atoms with van der Waals surface area (Å²) in [5.41, 5.74) is -0.183. The van der Waals surface area contributed by atoms with Crippen molar-refractivity contribution in [2.24, 2.45) is 22.7 Å². The Bertz CT molecular complexity index is 1270. The molecular weight excluding hydrogens is 472 g/mol. The lowest BCUT2D eigenvalue weighted by Gasteiger charge is -2.64. The van der Waals surface area contributed by atoms with Crippen molar-refractivity contribution in [2.45, 2.75) is 78.4 Å². The van der Waals surface area contributed by atoms with Gasteiger partial charge in [0.1, 0.15) is 29.8 Å². The van der Waals surface area contributed by atoms with E-state index in [0.29, 0.717) is 29.9 Å². The van der Waals surface area contributed by atoms with Gasteiger partial charge in [-0.3, -0.25) is 9.59 Å². The molecule has 2 aliphatic carbocycles. The van der Waals surface area contributed by atoms with Crippen LogP contribution in [-0.2, 0) is 25.5 Å². The average Bonchev–Trinajstić information content (AvgIpc) is 2.84. The number of benzene rings is 1. The topological polar surface area (TPSA) is 92.0 Å². The van der Waals surface area contributed by atoms with Crippen LogP contribution in [0.25, 0.3) is 11.3 Å². The molecule has 0 spiro atoms. The Morgan fingerprint density at radius 3 is 2.41 bits per heavy atom. The smallest absolute Gasteiger partial charge is 0.343 e. The second kappa shape index (κ2) is 9.03. The lowest BCUT2D eigenvalue weighted by molar-refractivity contribution is -0.219. The van der Waals surface area contributed by atoms with Crippen molar-refractivity contribution in [3.8, 4) is 17.1 Å². The molecular formula is C30H36O7. The summed E-state index contributed by atoms with van der Waals surface area (Å²) in [6.45, 7) is 9.51. The standard InChI is InChI=1S/C30H36O7/c1-18(31)34-17-29(4)24-11-14-30(5)25(28(24,3)13-12-26(29)35-19(2)32)15-21-23(37-30)16-22(36-27(21)33)20-9-7-6-8-10-20/h6-10,16,24-26H,11-15,17H2,1-5H3/t24?,25?,26?,28-,29-,30+/m0/s1. The van der Waals surface area contributed by atoms with E-state index in [1.807, 2.05) is 36.4 Å². The number of fused-ring (bicyclic) bond motifs is 4. The zero-order valence-corrected chi connectivity index (χ0v) is 22.3. The molecule has 1 aromatic carbocycles. The molecule has 2 heterocycles. The minimum Gasteiger partial charge on any atom is -0.487 e. The van der Waals surface area contributed by atoms with E-state index in [-0.39, 0.29) is 47.5 Å². The first-order valence-corrected chi connectivity index (χ1v) is 13.2. The van der Waals surface area contributed by atoms with E-state index in [1.165, 1.54) is 13.8 Å². The number of hydrogen-bond acceptors (Lipinski definition) is 7. The molecule has 0 amide bonds. The molecule has 7 heteroatoms. The second-order valence-corrected chi connectivity index (χ2v) is 11.8. The van der Waals surface area contributed by atoms with Crippen LogP contribution >= 0.6 is 0 Å². The zero-order chi connectivity index (χ0) is 26.6. The highest BCUT2D eigenvalue weighted by Gasteiger charge is 2.65. The maximum absolute atomic E-state index is 13.2. The molecule has 2 fully saturated rings. The first-order valence-electron chi connectivity index (χ1n) is 13.2. The highest BCUT2D eigenvalue weighted by atomic mass is 16.6. The number of carbonyl (C=O) groups excluding carboxylic acids is 2. The van der Waals surface area contributed by atoms with E-state index in [9.17, 15) is 14.4 Å². The van der Waals surface area contributed by atoms with Crippen molar-refractivity contribution >= 4 is 11.9 Å². The normalized spacial score (nSPS) is 34.2. The Balaban J connectivity index is 1.53. The Labute approximate surface area is 217 Å². The van der Waals surface area contributed by atoms with Crippen LogP contribution in [0.4, 0.5) is 0 Å². The summed E-state index contributed by atoms with van der Waals surface area (Å²) in [5.74, 6) is 0.583. The van der Waals surface area contributed by atoms with Crippen LogP contribution < -0.4 is 10.4 Å². The van der Waals surface area contributed by atoms with Gasteiger partial charge in [-0.2, -0.15) is 0 Å². The monoisotopic (exact) mass is 508 g/mol. The van der Waals surface area contributed by atoms with Crippen LogP contribution in [0.5, 0.6) is 5.75 Å². The Morgan fingerprint density at radius 1 is 1.00 bits per heavy atom. The van der Waals surface area contributed by atoms with Crippen molar-refractivity contribution in [2.75, 3.05) is 6.61 Å². The van der Waals surface area contributed by atoms with Crippen LogP contribution in [0.2, 0.25) is 0 Å². The van der Waals surface area contributed by atoms with Gasteiger partial charge in [0.2, 0.25) is 0 Å². The van der Waals surface area contributed by atoms with E-state index >= 15 is 0 Å². The van der Waals surface area contributed by atoms with Gasteiger partial charge in [-0.15, -0.1) is 0 Å². The number of esters is 2. The molecule has 1 aromatic heterocycles. The number of hydrogen-bond donors (Lipinski definition) is 0. The van der Waals surface area contributed by atoms with Gasteiger partial charge in [-0.1, -0.05) is 44.2 Å². The molecule has 0 radical (unpaired) electrons. The highest BCUT2D eigenvalue weighted by molar-refractivity contribution is 5.67. The predicted octanol–water partition coefficient (Wildman–Crippen LogP) is 5.33. The second-order valence-electron chi connectivity index (χ2n) is 11.8. The van der Waals surface area contributed by atoms with Crippen LogP contribution in [0.1, 0.15) is 65.9 Å². The van der Waals surface area contributed by atoms with Gasteiger partial charge in [-0.05, 0) is 50.4 Å². The van der Waals surface area contributed by atoms with Gasteiger partial charge in [0, 0.05) is 36.8 Å². The number of carbonyl (C=O) groups is 2. The summed E-state index contributed by atoms with van der Waals surface area (Å²) in [6, 6.07) is 11.4. The van der Waals surface area contributed by atoms with Crippen molar-refractivity contribution < 1.29 is 28.2 Å². The van der Waals surface area contributed by atoms with E-state index in [2.05, 4.69) is 20.8 Å². The molecule has 2 saturated carbocycles. The molecule has 0 N–H and O–H groups in total. The number of ether oxygens (including phenoxy) is 3. The molecule has 7 nitrogen and oxygen atoms in total. The first kappa shape index (κ1) is 25.6. The summed E-state index contributed by atoms with van der Waals surface area (Å²) < 4.78 is 23.8. The minimum absolute atomic E-state index is 0.0478. The first-order chi connectivity index (χ1) is 17.5. The average molecular weight is 509 g/mol. The number of rotatable bonds is 4. The Morgan fingerprint density at radius 2 is 1.73 bits per heavy atom. The van der Waals surface area contributed by atoms with Crippen LogP contribution in [-0.4, -0.2) is 30.3 Å². The highest BCUT2D eigenvalue weighted by Crippen LogP contribution is 2.65. The summed E-state index contributed by atoms with van der Waals surface area (Å²) in [4.78, 5) is 37.0. The van der Waals surface area contributed by atoms with Crippen LogP contribution in [0, 0.1) is 22.7 Å². The third-order valence-electron chi connectivity index (χ3n) is 9.45. The molecule has 6 atom stereocenters. The van der Waals surface area contributed by atoms with E-state index < -0.39 is 11.0 Å². The molecule has 2 aromatic rings. The van der Waals surface area contributed by atoms with E-state index in [0.717, 1.165) is 24.8 Å². The molecule has 1 aliphatic heterocycles. The SMILES string of the molecule is CC(=O)OC[C@]1(C)C(OC(C)=O)CC[C@@]2(C)C1CC[C@@]1(C)Oc3cc(-c4ccccc4)oc(=O)c3CC21. The zero-order valence-electron chi connectivity index (χ0n) is 22.3. The summed E-state index contributed by atoms with van der Waals surface area (Å²) in [7, 11) is 0. The lowest BCUT2D eigenvalue weighted by atomic mass is 9.43. The maximum Gasteiger partial charge on any atom is 0.343 e. The largest absolute Gasteiger partial charge is 0.487 e. The fourth-order valence-electron chi connectivity index (χ4n) is 7.69. The van der Waals surface area contributed by atoms with Gasteiger partial charge in [0.05, 0.1) is 5.56 Å².